The van der Waals surface area contributed by atoms with E-state index in [0.29, 0.717) is 28.1 Å². The molecule has 0 saturated heterocycles. The summed E-state index contributed by atoms with van der Waals surface area (Å²) in [5.74, 6) is -0.285. The molecule has 4 nitrogen and oxygen atoms in total. The molecule has 2 heterocycles. The summed E-state index contributed by atoms with van der Waals surface area (Å²) in [7, 11) is 0. The van der Waals surface area contributed by atoms with Gasteiger partial charge >= 0.3 is 0 Å². The summed E-state index contributed by atoms with van der Waals surface area (Å²) in [5, 5.41) is 12.3. The average molecular weight is 1060 g/mol. The molecule has 0 saturated carbocycles. The molecule has 342 valence electrons. The van der Waals surface area contributed by atoms with Gasteiger partial charge in [0, 0.05) is 38.4 Å². The number of fused-ring (bicyclic) bond motifs is 1. The zero-order chi connectivity index (χ0) is 50.1. The van der Waals surface area contributed by atoms with Crippen LogP contribution in [-0.2, 0) is 31.9 Å². The third-order valence-corrected chi connectivity index (χ3v) is 12.8. The van der Waals surface area contributed by atoms with Gasteiger partial charge in [-0.1, -0.05) is 173 Å². The van der Waals surface area contributed by atoms with Crippen molar-refractivity contribution in [1.29, 1.82) is 0 Å². The number of benzene rings is 6. The molecule has 66 heavy (non-hydrogen) atoms. The van der Waals surface area contributed by atoms with E-state index >= 15 is 0 Å². The van der Waals surface area contributed by atoms with Gasteiger partial charge in [-0.3, -0.25) is 9.55 Å². The molecule has 6 aromatic carbocycles. The monoisotopic (exact) mass is 1060 g/mol. The third-order valence-electron chi connectivity index (χ3n) is 12.8. The molecule has 0 radical (unpaired) electrons. The molecule has 0 aliphatic carbocycles. The second-order valence-corrected chi connectivity index (χ2v) is 20.7. The Labute approximate surface area is 414 Å². The van der Waals surface area contributed by atoms with Crippen LogP contribution in [0.25, 0.3) is 72.7 Å². The van der Waals surface area contributed by atoms with Crippen LogP contribution in [0.2, 0.25) is 0 Å². The van der Waals surface area contributed by atoms with Crippen molar-refractivity contribution < 1.29 is 31.7 Å². The summed E-state index contributed by atoms with van der Waals surface area (Å²) in [4.78, 5) is 10.4. The maximum absolute atomic E-state index is 12.3. The van der Waals surface area contributed by atoms with Crippen molar-refractivity contribution in [2.75, 3.05) is 0 Å². The summed E-state index contributed by atoms with van der Waals surface area (Å²) in [6.45, 7) is 24.7. The zero-order valence-electron chi connectivity index (χ0n) is 44.8. The van der Waals surface area contributed by atoms with E-state index in [9.17, 15) is 10.6 Å². The molecule has 0 aliphatic heterocycles. The van der Waals surface area contributed by atoms with Gasteiger partial charge < -0.3 is 5.11 Å². The first-order chi connectivity index (χ1) is 32.2. The van der Waals surface area contributed by atoms with Crippen LogP contribution in [0.1, 0.15) is 145 Å². The topological polar surface area (TPSA) is 50.9 Å². The van der Waals surface area contributed by atoms with Gasteiger partial charge in [0.2, 0.25) is 0 Å². The summed E-state index contributed by atoms with van der Waals surface area (Å²) in [6.07, 6.45) is 1.85. The number of rotatable bonds is 9. The first-order valence-corrected chi connectivity index (χ1v) is 23.0. The van der Waals surface area contributed by atoms with Crippen molar-refractivity contribution in [2.24, 2.45) is 0 Å². The molecule has 0 aliphatic rings. The second kappa shape index (κ2) is 18.6. The first kappa shape index (κ1) is 43.0. The Kier molecular flexibility index (Phi) is 12.1. The van der Waals surface area contributed by atoms with Crippen LogP contribution in [0, 0.1) is 19.8 Å². The molecular weight excluding hydrogens is 986 g/mol. The van der Waals surface area contributed by atoms with E-state index in [1.54, 1.807) is 6.07 Å². The Morgan fingerprint density at radius 2 is 1.38 bits per heavy atom. The van der Waals surface area contributed by atoms with Gasteiger partial charge in [0.25, 0.3) is 0 Å². The van der Waals surface area contributed by atoms with E-state index in [1.807, 2.05) is 79.2 Å². The number of phenolic OH excluding ortho intramolecular Hbond substituents is 1. The van der Waals surface area contributed by atoms with Crippen molar-refractivity contribution in [1.82, 2.24) is 14.5 Å². The standard InChI is InChI=1S/C61H66N3O.Pt/c1-36(2)44-33-50(38(5)6)58(65)51(34-44)59-63-57-49(45-30-46(32-47(31-45)60(9,10)11)53-35-42(27-28-62-53)41-23-21-39(7)22-24-41)18-16-20-55(57)64(59)54-26-25-43(29-40(54)8)56-48(37(3)4)17-15-19-52(56)61(12,13)14;/h15-29,31-38,65H,1-14H3;/q-1;/i8D3,37D;. The fourth-order valence-electron chi connectivity index (χ4n) is 8.95. The number of imidazole rings is 1. The molecule has 0 atom stereocenters. The van der Waals surface area contributed by atoms with E-state index < -0.39 is 12.7 Å². The van der Waals surface area contributed by atoms with Crippen LogP contribution in [0.15, 0.2) is 121 Å². The number of pyridine rings is 1. The van der Waals surface area contributed by atoms with Crippen molar-refractivity contribution in [3.05, 3.63) is 166 Å². The van der Waals surface area contributed by atoms with Crippen LogP contribution in [0.3, 0.4) is 0 Å². The first-order valence-electron chi connectivity index (χ1n) is 25.0. The molecular formula is C61H66N3OPt-. The van der Waals surface area contributed by atoms with Crippen LogP contribution in [0.4, 0.5) is 0 Å². The van der Waals surface area contributed by atoms with Crippen molar-refractivity contribution >= 4 is 11.0 Å². The van der Waals surface area contributed by atoms with Gasteiger partial charge in [0.1, 0.15) is 11.6 Å². The number of hydrogen-bond acceptors (Lipinski definition) is 3. The maximum Gasteiger partial charge on any atom is 0.148 e. The molecule has 0 bridgehead atoms. The van der Waals surface area contributed by atoms with Crippen molar-refractivity contribution in [3.8, 4) is 67.5 Å². The van der Waals surface area contributed by atoms with E-state index in [-0.39, 0.29) is 55.0 Å². The number of aryl methyl sites for hydroxylation is 2. The fourth-order valence-corrected chi connectivity index (χ4v) is 8.95. The molecule has 0 spiro atoms. The van der Waals surface area contributed by atoms with Gasteiger partial charge in [-0.05, 0) is 123 Å². The summed E-state index contributed by atoms with van der Waals surface area (Å²) in [6, 6.07) is 42.6. The van der Waals surface area contributed by atoms with Crippen LogP contribution < -0.4 is 0 Å². The minimum Gasteiger partial charge on any atom is -0.507 e. The van der Waals surface area contributed by atoms with Crippen molar-refractivity contribution in [2.45, 2.75) is 125 Å². The summed E-state index contributed by atoms with van der Waals surface area (Å²) < 4.78 is 38.7. The van der Waals surface area contributed by atoms with Crippen LogP contribution in [0.5, 0.6) is 5.75 Å². The third kappa shape index (κ3) is 9.37. The number of phenols is 1. The van der Waals surface area contributed by atoms with Gasteiger partial charge in [-0.15, -0.1) is 29.3 Å². The SMILES string of the molecule is [2H]C([2H])([2H])c1cc(-c2c(C([2H])(C)C)cccc2C(C)(C)C)ccc1-n1c(-c2cc(C(C)C)cc(C(C)C)c2O)nc2c(-c3[c-]c(-c4cc(-c5ccc(C)cc5)ccn4)cc(C(C)(C)C)c3)cccc21.[Pt]. The molecule has 0 fully saturated rings. The van der Waals surface area contributed by atoms with Crippen molar-refractivity contribution in [3.63, 3.8) is 0 Å². The Morgan fingerprint density at radius 1 is 0.682 bits per heavy atom. The number of aromatic hydroxyl groups is 1. The van der Waals surface area contributed by atoms with Gasteiger partial charge in [-0.25, -0.2) is 4.98 Å². The minimum absolute atomic E-state index is 0. The minimum atomic E-state index is -2.57. The Balaban J connectivity index is 0.00000722. The van der Waals surface area contributed by atoms with E-state index in [4.69, 9.17) is 9.97 Å². The van der Waals surface area contributed by atoms with Gasteiger partial charge in [0.05, 0.1) is 22.3 Å². The van der Waals surface area contributed by atoms with E-state index in [0.717, 1.165) is 72.5 Å². The zero-order valence-corrected chi connectivity index (χ0v) is 43.1. The Hall–Kier alpha value is -5.57. The molecule has 5 heteroatoms. The largest absolute Gasteiger partial charge is 0.507 e. The predicted octanol–water partition coefficient (Wildman–Crippen LogP) is 16.8. The second-order valence-electron chi connectivity index (χ2n) is 20.7. The molecule has 2 aromatic heterocycles. The summed E-state index contributed by atoms with van der Waals surface area (Å²) in [5.41, 5.74) is 14.9. The Morgan fingerprint density at radius 3 is 2.03 bits per heavy atom. The smallest absolute Gasteiger partial charge is 0.148 e. The number of aromatic nitrogens is 3. The molecule has 8 aromatic rings. The number of hydrogen-bond donors (Lipinski definition) is 1. The fraction of sp³-hybridized carbons (Fsp3) is 0.311. The van der Waals surface area contributed by atoms with Gasteiger partial charge in [0.15, 0.2) is 0 Å². The quantitative estimate of drug-likeness (QED) is 0.147. The Bertz CT molecular complexity index is 3200. The maximum atomic E-state index is 12.3. The predicted molar refractivity (Wildman–Crippen MR) is 276 cm³/mol. The molecule has 8 rings (SSSR count). The average Bonchev–Trinajstić information content (AvgIpc) is 3.67. The van der Waals surface area contributed by atoms with E-state index in [2.05, 4.69) is 137 Å². The summed E-state index contributed by atoms with van der Waals surface area (Å²) >= 11 is 0. The molecule has 0 unspecified atom stereocenters. The van der Waals surface area contributed by atoms with Gasteiger partial charge in [-0.2, -0.15) is 0 Å². The normalized spacial score (nSPS) is 13.4. The molecule has 0 amide bonds. The number of para-hydroxylation sites is 1. The molecule has 1 N–H and O–H groups in total. The van der Waals surface area contributed by atoms with E-state index in [1.165, 1.54) is 5.56 Å². The van der Waals surface area contributed by atoms with Crippen LogP contribution >= 0.6 is 0 Å². The van der Waals surface area contributed by atoms with Crippen LogP contribution in [-0.4, -0.2) is 19.6 Å². The number of nitrogens with zero attached hydrogens (tertiary/aromatic N) is 3.